The van der Waals surface area contributed by atoms with E-state index in [2.05, 4.69) is 39.7 Å². The fourth-order valence-corrected chi connectivity index (χ4v) is 3.37. The second kappa shape index (κ2) is 5.54. The van der Waals surface area contributed by atoms with Gasteiger partial charge in [0.1, 0.15) is 11.3 Å². The summed E-state index contributed by atoms with van der Waals surface area (Å²) >= 11 is 7.72. The molecule has 3 rings (SSSR count). The number of hydrogen-bond acceptors (Lipinski definition) is 3. The Bertz CT molecular complexity index is 745. The van der Waals surface area contributed by atoms with Gasteiger partial charge in [0.05, 0.1) is 6.54 Å². The average Bonchev–Trinajstić information content (AvgIpc) is 2.95. The molecule has 0 amide bonds. The van der Waals surface area contributed by atoms with Crippen LogP contribution in [-0.4, -0.2) is 20.4 Å². The second-order valence-electron chi connectivity index (χ2n) is 4.92. The number of fused-ring (bicyclic) bond motifs is 1. The van der Waals surface area contributed by atoms with Gasteiger partial charge in [-0.3, -0.25) is 0 Å². The highest BCUT2D eigenvalue weighted by Crippen LogP contribution is 2.21. The zero-order valence-corrected chi connectivity index (χ0v) is 13.1. The summed E-state index contributed by atoms with van der Waals surface area (Å²) in [7, 11) is 0. The summed E-state index contributed by atoms with van der Waals surface area (Å²) in [6, 6.07) is 6.40. The molecule has 0 aliphatic carbocycles. The maximum absolute atomic E-state index is 5.90. The van der Waals surface area contributed by atoms with Crippen molar-refractivity contribution in [3.8, 4) is 0 Å². The van der Waals surface area contributed by atoms with Crippen LogP contribution in [0.3, 0.4) is 0 Å². The molecule has 0 aromatic carbocycles. The van der Waals surface area contributed by atoms with E-state index in [0.717, 1.165) is 35.5 Å². The van der Waals surface area contributed by atoms with Crippen molar-refractivity contribution >= 4 is 34.1 Å². The summed E-state index contributed by atoms with van der Waals surface area (Å²) in [6.45, 7) is 4.98. The van der Waals surface area contributed by atoms with E-state index in [4.69, 9.17) is 11.6 Å². The number of aryl methyl sites for hydroxylation is 3. The Morgan fingerprint density at radius 3 is 2.85 bits per heavy atom. The first-order chi connectivity index (χ1) is 9.67. The lowest BCUT2D eigenvalue weighted by atomic mass is 10.3. The number of thiophene rings is 1. The fraction of sp³-hybridized carbons (Fsp3) is 0.333. The van der Waals surface area contributed by atoms with Crippen LogP contribution in [0.25, 0.3) is 11.2 Å². The summed E-state index contributed by atoms with van der Waals surface area (Å²) in [5, 5.41) is 0. The van der Waals surface area contributed by atoms with Crippen LogP contribution in [-0.2, 0) is 13.0 Å². The predicted molar refractivity (Wildman–Crippen MR) is 84.8 cm³/mol. The number of nitrogens with zero attached hydrogens (tertiary/aromatic N) is 3. The maximum atomic E-state index is 5.90. The summed E-state index contributed by atoms with van der Waals surface area (Å²) in [6.07, 6.45) is 2.66. The van der Waals surface area contributed by atoms with Crippen molar-refractivity contribution in [2.45, 2.75) is 26.8 Å². The van der Waals surface area contributed by atoms with Gasteiger partial charge in [-0.25, -0.2) is 9.97 Å². The van der Waals surface area contributed by atoms with Gasteiger partial charge in [0.2, 0.25) is 0 Å². The predicted octanol–water partition coefficient (Wildman–Crippen LogP) is 3.94. The Balaban J connectivity index is 2.08. The SMILES string of the molecule is Cc1cnc2c(c1)nc(CCCl)n2Cc1ccc(C)s1. The third-order valence-electron chi connectivity index (χ3n) is 3.23. The molecule has 0 saturated carbocycles. The lowest BCUT2D eigenvalue weighted by Crippen LogP contribution is -2.05. The molecule has 0 unspecified atom stereocenters. The van der Waals surface area contributed by atoms with Gasteiger partial charge in [-0.2, -0.15) is 0 Å². The van der Waals surface area contributed by atoms with Gasteiger partial charge in [0, 0.05) is 28.3 Å². The zero-order chi connectivity index (χ0) is 14.1. The van der Waals surface area contributed by atoms with Gasteiger partial charge >= 0.3 is 0 Å². The van der Waals surface area contributed by atoms with Crippen molar-refractivity contribution in [3.05, 3.63) is 45.5 Å². The Morgan fingerprint density at radius 2 is 2.15 bits per heavy atom. The molecular weight excluding hydrogens is 290 g/mol. The Morgan fingerprint density at radius 1 is 1.30 bits per heavy atom. The molecule has 0 aliphatic rings. The molecule has 3 aromatic heterocycles. The monoisotopic (exact) mass is 305 g/mol. The Labute approximate surface area is 127 Å². The minimum Gasteiger partial charge on any atom is -0.307 e. The molecule has 0 radical (unpaired) electrons. The van der Waals surface area contributed by atoms with Gasteiger partial charge in [-0.05, 0) is 37.6 Å². The molecule has 3 aromatic rings. The van der Waals surface area contributed by atoms with Crippen LogP contribution in [0.4, 0.5) is 0 Å². The van der Waals surface area contributed by atoms with Gasteiger partial charge in [0.15, 0.2) is 5.65 Å². The quantitative estimate of drug-likeness (QED) is 0.684. The van der Waals surface area contributed by atoms with Crippen molar-refractivity contribution < 1.29 is 0 Å². The van der Waals surface area contributed by atoms with Crippen LogP contribution >= 0.6 is 22.9 Å². The van der Waals surface area contributed by atoms with E-state index in [-0.39, 0.29) is 0 Å². The Kier molecular flexibility index (Phi) is 3.76. The molecule has 5 heteroatoms. The highest BCUT2D eigenvalue weighted by molar-refractivity contribution is 7.11. The molecule has 0 bridgehead atoms. The topological polar surface area (TPSA) is 30.7 Å². The van der Waals surface area contributed by atoms with Crippen molar-refractivity contribution in [2.75, 3.05) is 5.88 Å². The number of imidazole rings is 1. The van der Waals surface area contributed by atoms with E-state index >= 15 is 0 Å². The molecule has 0 saturated heterocycles. The lowest BCUT2D eigenvalue weighted by Gasteiger charge is -2.06. The van der Waals surface area contributed by atoms with Gasteiger partial charge in [-0.1, -0.05) is 0 Å². The Hall–Kier alpha value is -1.39. The highest BCUT2D eigenvalue weighted by Gasteiger charge is 2.12. The van der Waals surface area contributed by atoms with Gasteiger partial charge < -0.3 is 4.57 Å². The van der Waals surface area contributed by atoms with Crippen LogP contribution in [0.2, 0.25) is 0 Å². The zero-order valence-electron chi connectivity index (χ0n) is 11.6. The van der Waals surface area contributed by atoms with E-state index in [1.807, 2.05) is 24.5 Å². The van der Waals surface area contributed by atoms with Crippen molar-refractivity contribution in [2.24, 2.45) is 0 Å². The van der Waals surface area contributed by atoms with E-state index in [1.165, 1.54) is 9.75 Å². The van der Waals surface area contributed by atoms with E-state index in [1.54, 1.807) is 0 Å². The molecule has 0 spiro atoms. The maximum Gasteiger partial charge on any atom is 0.160 e. The molecule has 3 nitrogen and oxygen atoms in total. The first kappa shape index (κ1) is 13.6. The molecule has 3 heterocycles. The molecule has 0 atom stereocenters. The van der Waals surface area contributed by atoms with Crippen LogP contribution < -0.4 is 0 Å². The number of halogens is 1. The number of hydrogen-bond donors (Lipinski definition) is 0. The molecule has 0 N–H and O–H groups in total. The number of rotatable bonds is 4. The summed E-state index contributed by atoms with van der Waals surface area (Å²) in [5.74, 6) is 1.59. The molecule has 20 heavy (non-hydrogen) atoms. The van der Waals surface area contributed by atoms with Crippen molar-refractivity contribution in [3.63, 3.8) is 0 Å². The van der Waals surface area contributed by atoms with Crippen molar-refractivity contribution in [1.29, 1.82) is 0 Å². The third kappa shape index (κ3) is 2.58. The molecular formula is C15H16ClN3S. The van der Waals surface area contributed by atoms with Crippen molar-refractivity contribution in [1.82, 2.24) is 14.5 Å². The molecule has 0 fully saturated rings. The van der Waals surface area contributed by atoms with Crippen LogP contribution in [0.5, 0.6) is 0 Å². The normalized spacial score (nSPS) is 11.3. The number of alkyl halides is 1. The number of pyridine rings is 1. The van der Waals surface area contributed by atoms with E-state index in [0.29, 0.717) is 5.88 Å². The molecule has 104 valence electrons. The molecule has 0 aliphatic heterocycles. The summed E-state index contributed by atoms with van der Waals surface area (Å²) < 4.78 is 2.18. The van der Waals surface area contributed by atoms with Gasteiger partial charge in [0.25, 0.3) is 0 Å². The van der Waals surface area contributed by atoms with Crippen LogP contribution in [0.1, 0.15) is 21.1 Å². The van der Waals surface area contributed by atoms with Crippen LogP contribution in [0, 0.1) is 13.8 Å². The standard InChI is InChI=1S/C15H16ClN3S/c1-10-7-13-15(17-8-10)19(14(18-13)5-6-16)9-12-4-3-11(2)20-12/h3-4,7-8H,5-6,9H2,1-2H3. The van der Waals surface area contributed by atoms with Crippen LogP contribution in [0.15, 0.2) is 24.4 Å². The smallest absolute Gasteiger partial charge is 0.160 e. The first-order valence-corrected chi connectivity index (χ1v) is 7.95. The van der Waals surface area contributed by atoms with Gasteiger partial charge in [-0.15, -0.1) is 22.9 Å². The third-order valence-corrected chi connectivity index (χ3v) is 4.40. The lowest BCUT2D eigenvalue weighted by molar-refractivity contribution is 0.756. The number of aromatic nitrogens is 3. The second-order valence-corrected chi connectivity index (χ2v) is 6.67. The minimum absolute atomic E-state index is 0.575. The first-order valence-electron chi connectivity index (χ1n) is 6.60. The fourth-order valence-electron chi connectivity index (χ4n) is 2.33. The largest absolute Gasteiger partial charge is 0.307 e. The minimum atomic E-state index is 0.575. The highest BCUT2D eigenvalue weighted by atomic mass is 35.5. The summed E-state index contributed by atoms with van der Waals surface area (Å²) in [4.78, 5) is 11.9. The van der Waals surface area contributed by atoms with E-state index < -0.39 is 0 Å². The summed E-state index contributed by atoms with van der Waals surface area (Å²) in [5.41, 5.74) is 3.03. The van der Waals surface area contributed by atoms with E-state index in [9.17, 15) is 0 Å². The average molecular weight is 306 g/mol.